The first-order valence-corrected chi connectivity index (χ1v) is 6.29. The molecule has 6 heteroatoms. The highest BCUT2D eigenvalue weighted by molar-refractivity contribution is 5.73. The zero-order chi connectivity index (χ0) is 14.7. The van der Waals surface area contributed by atoms with Gasteiger partial charge in [-0.3, -0.25) is 4.79 Å². The van der Waals surface area contributed by atoms with Gasteiger partial charge in [-0.2, -0.15) is 5.26 Å². The molecule has 0 bridgehead atoms. The lowest BCUT2D eigenvalue weighted by Gasteiger charge is -2.33. The van der Waals surface area contributed by atoms with Crippen molar-refractivity contribution in [2.24, 2.45) is 5.92 Å². The molecule has 0 amide bonds. The second-order valence-corrected chi connectivity index (χ2v) is 4.68. The zero-order valence-corrected chi connectivity index (χ0v) is 11.0. The number of methoxy groups -OCH3 is 1. The zero-order valence-electron chi connectivity index (χ0n) is 11.0. The van der Waals surface area contributed by atoms with Crippen molar-refractivity contribution in [2.45, 2.75) is 12.8 Å². The van der Waals surface area contributed by atoms with Crippen LogP contribution in [-0.4, -0.2) is 26.2 Å². The summed E-state index contributed by atoms with van der Waals surface area (Å²) in [7, 11) is 1.31. The minimum Gasteiger partial charge on any atom is -0.469 e. The highest BCUT2D eigenvalue weighted by atomic mass is 19.2. The van der Waals surface area contributed by atoms with Crippen LogP contribution in [0.3, 0.4) is 0 Å². The van der Waals surface area contributed by atoms with Crippen molar-refractivity contribution >= 4 is 11.7 Å². The molecule has 1 atom stereocenters. The summed E-state index contributed by atoms with van der Waals surface area (Å²) >= 11 is 0. The van der Waals surface area contributed by atoms with Gasteiger partial charge >= 0.3 is 5.97 Å². The average Bonchev–Trinajstić information content (AvgIpc) is 2.49. The average molecular weight is 280 g/mol. The number of rotatable bonds is 2. The number of nitriles is 1. The Morgan fingerprint density at radius 2 is 2.20 bits per heavy atom. The third-order valence-corrected chi connectivity index (χ3v) is 3.48. The van der Waals surface area contributed by atoms with E-state index >= 15 is 0 Å². The summed E-state index contributed by atoms with van der Waals surface area (Å²) in [5.41, 5.74) is -0.247. The Balaban J connectivity index is 2.26. The molecule has 1 heterocycles. The number of piperidine rings is 1. The Bertz CT molecular complexity index is 569. The van der Waals surface area contributed by atoms with E-state index in [1.54, 1.807) is 11.0 Å². The maximum absolute atomic E-state index is 14.0. The van der Waals surface area contributed by atoms with Crippen molar-refractivity contribution in [2.75, 3.05) is 25.1 Å². The second kappa shape index (κ2) is 5.87. The number of nitrogens with zero attached hydrogens (tertiary/aromatic N) is 2. The van der Waals surface area contributed by atoms with Crippen LogP contribution < -0.4 is 4.90 Å². The van der Waals surface area contributed by atoms with E-state index in [1.165, 1.54) is 19.2 Å². The van der Waals surface area contributed by atoms with E-state index in [9.17, 15) is 13.6 Å². The first-order chi connectivity index (χ1) is 9.58. The Morgan fingerprint density at radius 1 is 1.45 bits per heavy atom. The number of anilines is 1. The molecule has 1 unspecified atom stereocenters. The number of hydrogen-bond acceptors (Lipinski definition) is 4. The molecule has 0 N–H and O–H groups in total. The lowest BCUT2D eigenvalue weighted by Crippen LogP contribution is -2.39. The van der Waals surface area contributed by atoms with E-state index in [2.05, 4.69) is 4.74 Å². The first-order valence-electron chi connectivity index (χ1n) is 6.29. The van der Waals surface area contributed by atoms with Crippen LogP contribution in [0.4, 0.5) is 14.5 Å². The van der Waals surface area contributed by atoms with Gasteiger partial charge in [-0.1, -0.05) is 0 Å². The summed E-state index contributed by atoms with van der Waals surface area (Å²) < 4.78 is 32.3. The molecule has 1 aliphatic rings. The molecule has 2 rings (SSSR count). The van der Waals surface area contributed by atoms with Gasteiger partial charge in [-0.05, 0) is 25.0 Å². The maximum Gasteiger partial charge on any atom is 0.310 e. The standard InChI is InChI=1S/C14H14F2N2O2/c1-20-14(19)10-3-2-6-18(8-10)11-5-4-9(7-17)12(15)13(11)16/h4-5,10H,2-3,6,8H2,1H3. The summed E-state index contributed by atoms with van der Waals surface area (Å²) in [6.07, 6.45) is 1.37. The van der Waals surface area contributed by atoms with E-state index in [0.717, 1.165) is 0 Å². The third-order valence-electron chi connectivity index (χ3n) is 3.48. The predicted octanol–water partition coefficient (Wildman–Crippen LogP) is 2.23. The fourth-order valence-corrected chi connectivity index (χ4v) is 2.42. The van der Waals surface area contributed by atoms with Gasteiger partial charge < -0.3 is 9.64 Å². The number of hydrogen-bond donors (Lipinski definition) is 0. The number of carbonyl (C=O) groups is 1. The maximum atomic E-state index is 14.0. The minimum absolute atomic E-state index is 0.0788. The molecule has 0 spiro atoms. The highest BCUT2D eigenvalue weighted by Gasteiger charge is 2.28. The number of ether oxygens (including phenoxy) is 1. The quantitative estimate of drug-likeness (QED) is 0.779. The molecule has 1 saturated heterocycles. The van der Waals surface area contributed by atoms with E-state index < -0.39 is 11.6 Å². The molecule has 1 aliphatic heterocycles. The summed E-state index contributed by atoms with van der Waals surface area (Å²) in [5.74, 6) is -2.88. The van der Waals surface area contributed by atoms with Crippen LogP contribution in [-0.2, 0) is 9.53 Å². The first kappa shape index (κ1) is 14.3. The molecule has 0 aliphatic carbocycles. The van der Waals surface area contributed by atoms with Gasteiger partial charge in [0.2, 0.25) is 0 Å². The van der Waals surface area contributed by atoms with Crippen molar-refractivity contribution < 1.29 is 18.3 Å². The molecule has 106 valence electrons. The van der Waals surface area contributed by atoms with Crippen LogP contribution in [0.1, 0.15) is 18.4 Å². The summed E-state index contributed by atoms with van der Waals surface area (Å²) in [6.45, 7) is 0.824. The molecular weight excluding hydrogens is 266 g/mol. The number of esters is 1. The molecule has 1 fully saturated rings. The number of carbonyl (C=O) groups excluding carboxylic acids is 1. The van der Waals surface area contributed by atoms with Crippen LogP contribution in [0.2, 0.25) is 0 Å². The summed E-state index contributed by atoms with van der Waals surface area (Å²) in [4.78, 5) is 13.2. The smallest absolute Gasteiger partial charge is 0.310 e. The van der Waals surface area contributed by atoms with Crippen molar-refractivity contribution in [3.63, 3.8) is 0 Å². The van der Waals surface area contributed by atoms with Gasteiger partial charge in [0, 0.05) is 13.1 Å². The van der Waals surface area contributed by atoms with Gasteiger partial charge in [0.1, 0.15) is 6.07 Å². The van der Waals surface area contributed by atoms with E-state index in [4.69, 9.17) is 5.26 Å². The molecule has 20 heavy (non-hydrogen) atoms. The largest absolute Gasteiger partial charge is 0.469 e. The van der Waals surface area contributed by atoms with Gasteiger partial charge in [-0.15, -0.1) is 0 Å². The van der Waals surface area contributed by atoms with Crippen LogP contribution in [0.15, 0.2) is 12.1 Å². The predicted molar refractivity (Wildman–Crippen MR) is 68.0 cm³/mol. The number of benzene rings is 1. The molecule has 0 aromatic heterocycles. The summed E-state index contributed by atoms with van der Waals surface area (Å²) in [5, 5.41) is 8.66. The molecule has 0 radical (unpaired) electrons. The van der Waals surface area contributed by atoms with Gasteiger partial charge in [-0.25, -0.2) is 8.78 Å². The fourth-order valence-electron chi connectivity index (χ4n) is 2.42. The van der Waals surface area contributed by atoms with Crippen molar-refractivity contribution in [1.29, 1.82) is 5.26 Å². The summed E-state index contributed by atoms with van der Waals surface area (Å²) in [6, 6.07) is 4.21. The molecule has 1 aromatic rings. The topological polar surface area (TPSA) is 53.3 Å². The Kier molecular flexibility index (Phi) is 4.18. The van der Waals surface area contributed by atoms with Crippen molar-refractivity contribution in [3.8, 4) is 6.07 Å². The molecule has 0 saturated carbocycles. The van der Waals surface area contributed by atoms with Crippen molar-refractivity contribution in [3.05, 3.63) is 29.3 Å². The molecule has 1 aromatic carbocycles. The monoisotopic (exact) mass is 280 g/mol. The Morgan fingerprint density at radius 3 is 2.85 bits per heavy atom. The Hall–Kier alpha value is -2.16. The minimum atomic E-state index is -1.15. The van der Waals surface area contributed by atoms with Crippen LogP contribution >= 0.6 is 0 Å². The van der Waals surface area contributed by atoms with E-state index in [-0.39, 0.29) is 29.7 Å². The Labute approximate surface area is 115 Å². The second-order valence-electron chi connectivity index (χ2n) is 4.68. The van der Waals surface area contributed by atoms with Crippen molar-refractivity contribution in [1.82, 2.24) is 0 Å². The molecular formula is C14H14F2N2O2. The van der Waals surface area contributed by atoms with E-state index in [0.29, 0.717) is 19.4 Å². The normalized spacial score (nSPS) is 18.5. The van der Waals surface area contributed by atoms with Gasteiger partial charge in [0.05, 0.1) is 24.3 Å². The highest BCUT2D eigenvalue weighted by Crippen LogP contribution is 2.28. The molecule has 4 nitrogen and oxygen atoms in total. The third kappa shape index (κ3) is 2.57. The lowest BCUT2D eigenvalue weighted by molar-refractivity contribution is -0.145. The fraction of sp³-hybridized carbons (Fsp3) is 0.429. The van der Waals surface area contributed by atoms with Gasteiger partial charge in [0.25, 0.3) is 0 Å². The van der Waals surface area contributed by atoms with Gasteiger partial charge in [0.15, 0.2) is 11.6 Å². The number of halogens is 2. The van der Waals surface area contributed by atoms with Crippen LogP contribution in [0.25, 0.3) is 0 Å². The SMILES string of the molecule is COC(=O)C1CCCN(c2ccc(C#N)c(F)c2F)C1. The van der Waals surface area contributed by atoms with E-state index in [1.807, 2.05) is 0 Å². The lowest BCUT2D eigenvalue weighted by atomic mass is 9.97. The van der Waals surface area contributed by atoms with Crippen LogP contribution in [0.5, 0.6) is 0 Å². The van der Waals surface area contributed by atoms with Crippen LogP contribution in [0, 0.1) is 28.9 Å².